The molecule has 1 aromatic carbocycles. The summed E-state index contributed by atoms with van der Waals surface area (Å²) in [5, 5.41) is 12.4. The van der Waals surface area contributed by atoms with Gasteiger partial charge in [-0.25, -0.2) is 4.79 Å². The Morgan fingerprint density at radius 1 is 1.36 bits per heavy atom. The number of amides is 2. The molecule has 124 valence electrons. The second-order valence-electron chi connectivity index (χ2n) is 6.58. The van der Waals surface area contributed by atoms with Crippen LogP contribution in [0.3, 0.4) is 0 Å². The van der Waals surface area contributed by atoms with Gasteiger partial charge in [0.05, 0.1) is 6.10 Å². The van der Waals surface area contributed by atoms with Gasteiger partial charge in [0, 0.05) is 25.0 Å². The maximum Gasteiger partial charge on any atom is 0.317 e. The fourth-order valence-corrected chi connectivity index (χ4v) is 2.81. The van der Waals surface area contributed by atoms with Gasteiger partial charge < -0.3 is 15.3 Å². The van der Waals surface area contributed by atoms with E-state index in [1.807, 2.05) is 32.2 Å². The fraction of sp³-hybridized carbons (Fsp3) is 0.588. The smallest absolute Gasteiger partial charge is 0.317 e. The standard InChI is InChI=1S/C17H28N2O2S/c1-13(20)10-17(2,3)12-18-16(21)19(4)11-14-6-8-15(22-5)9-7-14/h6-9,13,20H,10-12H2,1-5H3,(H,18,21). The molecule has 1 atom stereocenters. The molecule has 0 saturated carbocycles. The van der Waals surface area contributed by atoms with Crippen molar-refractivity contribution in [3.05, 3.63) is 29.8 Å². The lowest BCUT2D eigenvalue weighted by Gasteiger charge is -2.28. The molecule has 1 aromatic rings. The normalized spacial score (nSPS) is 12.8. The molecule has 0 saturated heterocycles. The number of aliphatic hydroxyl groups excluding tert-OH is 1. The first-order valence-electron chi connectivity index (χ1n) is 7.53. The molecule has 1 rings (SSSR count). The zero-order chi connectivity index (χ0) is 16.8. The maximum atomic E-state index is 12.2. The van der Waals surface area contributed by atoms with Crippen molar-refractivity contribution in [3.8, 4) is 0 Å². The first-order chi connectivity index (χ1) is 10.2. The maximum absolute atomic E-state index is 12.2. The van der Waals surface area contributed by atoms with Crippen LogP contribution >= 0.6 is 11.8 Å². The molecule has 0 fully saturated rings. The number of rotatable bonds is 7. The van der Waals surface area contributed by atoms with Crippen molar-refractivity contribution in [2.24, 2.45) is 5.41 Å². The van der Waals surface area contributed by atoms with Crippen LogP contribution in [0.15, 0.2) is 29.2 Å². The lowest BCUT2D eigenvalue weighted by molar-refractivity contribution is 0.127. The second-order valence-corrected chi connectivity index (χ2v) is 7.46. The van der Waals surface area contributed by atoms with E-state index in [4.69, 9.17) is 0 Å². The highest BCUT2D eigenvalue weighted by Crippen LogP contribution is 2.21. The Bertz CT molecular complexity index is 472. The summed E-state index contributed by atoms with van der Waals surface area (Å²) in [6.45, 7) is 6.99. The molecule has 5 heteroatoms. The lowest BCUT2D eigenvalue weighted by atomic mass is 9.87. The highest BCUT2D eigenvalue weighted by molar-refractivity contribution is 7.98. The van der Waals surface area contributed by atoms with Crippen LogP contribution in [-0.2, 0) is 6.54 Å². The third-order valence-corrected chi connectivity index (χ3v) is 4.24. The van der Waals surface area contributed by atoms with E-state index in [-0.39, 0.29) is 17.6 Å². The molecule has 4 nitrogen and oxygen atoms in total. The number of aliphatic hydroxyl groups is 1. The zero-order valence-corrected chi connectivity index (χ0v) is 15.0. The number of thioether (sulfide) groups is 1. The third kappa shape index (κ3) is 6.71. The van der Waals surface area contributed by atoms with Gasteiger partial charge in [-0.3, -0.25) is 0 Å². The first kappa shape index (κ1) is 18.8. The number of carbonyl (C=O) groups is 1. The summed E-state index contributed by atoms with van der Waals surface area (Å²) in [6.07, 6.45) is 2.34. The average Bonchev–Trinajstić information content (AvgIpc) is 2.44. The number of nitrogens with one attached hydrogen (secondary N) is 1. The van der Waals surface area contributed by atoms with E-state index in [1.165, 1.54) is 4.90 Å². The van der Waals surface area contributed by atoms with E-state index in [1.54, 1.807) is 30.6 Å². The van der Waals surface area contributed by atoms with Crippen molar-refractivity contribution >= 4 is 17.8 Å². The van der Waals surface area contributed by atoms with Crippen LogP contribution in [0, 0.1) is 5.41 Å². The largest absolute Gasteiger partial charge is 0.393 e. The molecule has 22 heavy (non-hydrogen) atoms. The van der Waals surface area contributed by atoms with Gasteiger partial charge in [0.25, 0.3) is 0 Å². The molecule has 0 bridgehead atoms. The molecule has 0 spiro atoms. The molecule has 0 aromatic heterocycles. The summed E-state index contributed by atoms with van der Waals surface area (Å²) >= 11 is 1.70. The summed E-state index contributed by atoms with van der Waals surface area (Å²) in [7, 11) is 1.79. The van der Waals surface area contributed by atoms with E-state index in [0.29, 0.717) is 19.5 Å². The Kier molecular flexibility index (Phi) is 7.23. The molecular formula is C17H28N2O2S. The van der Waals surface area contributed by atoms with Crippen molar-refractivity contribution < 1.29 is 9.90 Å². The molecule has 0 heterocycles. The van der Waals surface area contributed by atoms with Gasteiger partial charge in [-0.2, -0.15) is 0 Å². The molecule has 2 N–H and O–H groups in total. The molecule has 2 amide bonds. The minimum absolute atomic E-state index is 0.0902. The van der Waals surface area contributed by atoms with Crippen molar-refractivity contribution in [2.75, 3.05) is 19.8 Å². The number of urea groups is 1. The van der Waals surface area contributed by atoms with Gasteiger partial charge in [-0.1, -0.05) is 26.0 Å². The van der Waals surface area contributed by atoms with Gasteiger partial charge in [0.15, 0.2) is 0 Å². The van der Waals surface area contributed by atoms with Crippen LogP contribution in [0.4, 0.5) is 4.79 Å². The molecule has 1 unspecified atom stereocenters. The number of benzene rings is 1. The monoisotopic (exact) mass is 324 g/mol. The topological polar surface area (TPSA) is 52.6 Å². The van der Waals surface area contributed by atoms with Crippen LogP contribution in [0.1, 0.15) is 32.8 Å². The average molecular weight is 324 g/mol. The van der Waals surface area contributed by atoms with Crippen LogP contribution in [-0.4, -0.2) is 42.0 Å². The highest BCUT2D eigenvalue weighted by atomic mass is 32.2. The predicted octanol–water partition coefficient (Wildman–Crippen LogP) is 3.35. The van der Waals surface area contributed by atoms with E-state index < -0.39 is 0 Å². The minimum atomic E-state index is -0.361. The fourth-order valence-electron chi connectivity index (χ4n) is 2.40. The number of nitrogens with zero attached hydrogens (tertiary/aromatic N) is 1. The summed E-state index contributed by atoms with van der Waals surface area (Å²) in [5.41, 5.74) is 0.990. The number of carbonyl (C=O) groups excluding carboxylic acids is 1. The van der Waals surface area contributed by atoms with Crippen LogP contribution in [0.5, 0.6) is 0 Å². The van der Waals surface area contributed by atoms with Crippen LogP contribution in [0.25, 0.3) is 0 Å². The Morgan fingerprint density at radius 3 is 2.45 bits per heavy atom. The van der Waals surface area contributed by atoms with Crippen molar-refractivity contribution in [3.63, 3.8) is 0 Å². The van der Waals surface area contributed by atoms with Crippen LogP contribution < -0.4 is 5.32 Å². The van der Waals surface area contributed by atoms with E-state index in [9.17, 15) is 9.90 Å². The second kappa shape index (κ2) is 8.44. The Hall–Kier alpha value is -1.20. The summed E-state index contributed by atoms with van der Waals surface area (Å²) < 4.78 is 0. The number of hydrogen-bond acceptors (Lipinski definition) is 3. The van der Waals surface area contributed by atoms with Crippen molar-refractivity contribution in [1.82, 2.24) is 10.2 Å². The Morgan fingerprint density at radius 2 is 1.95 bits per heavy atom. The van der Waals surface area contributed by atoms with Crippen LogP contribution in [0.2, 0.25) is 0 Å². The third-order valence-electron chi connectivity index (χ3n) is 3.49. The SMILES string of the molecule is CSc1ccc(CN(C)C(=O)NCC(C)(C)CC(C)O)cc1. The van der Waals surface area contributed by atoms with Crippen molar-refractivity contribution in [1.29, 1.82) is 0 Å². The van der Waals surface area contributed by atoms with Gasteiger partial charge in [0.2, 0.25) is 0 Å². The minimum Gasteiger partial charge on any atom is -0.393 e. The molecule has 0 radical (unpaired) electrons. The quantitative estimate of drug-likeness (QED) is 0.756. The summed E-state index contributed by atoms with van der Waals surface area (Å²) in [5.74, 6) is 0. The molecule has 0 aliphatic carbocycles. The van der Waals surface area contributed by atoms with Gasteiger partial charge in [-0.15, -0.1) is 11.8 Å². The van der Waals surface area contributed by atoms with Gasteiger partial charge in [0.1, 0.15) is 0 Å². The van der Waals surface area contributed by atoms with E-state index in [0.717, 1.165) is 5.56 Å². The summed E-state index contributed by atoms with van der Waals surface area (Å²) in [4.78, 5) is 15.0. The lowest BCUT2D eigenvalue weighted by Crippen LogP contribution is -2.42. The van der Waals surface area contributed by atoms with E-state index in [2.05, 4.69) is 17.4 Å². The molecule has 0 aliphatic rings. The van der Waals surface area contributed by atoms with E-state index >= 15 is 0 Å². The Balaban J connectivity index is 2.47. The molecular weight excluding hydrogens is 296 g/mol. The zero-order valence-electron chi connectivity index (χ0n) is 14.2. The van der Waals surface area contributed by atoms with Gasteiger partial charge >= 0.3 is 6.03 Å². The predicted molar refractivity (Wildman–Crippen MR) is 93.2 cm³/mol. The Labute approximate surface area is 138 Å². The highest BCUT2D eigenvalue weighted by Gasteiger charge is 2.21. The number of hydrogen-bond donors (Lipinski definition) is 2. The van der Waals surface area contributed by atoms with Gasteiger partial charge in [-0.05, 0) is 42.7 Å². The molecule has 0 aliphatic heterocycles. The summed E-state index contributed by atoms with van der Waals surface area (Å²) in [6, 6.07) is 8.14. The first-order valence-corrected chi connectivity index (χ1v) is 8.76. The van der Waals surface area contributed by atoms with Crippen molar-refractivity contribution in [2.45, 2.75) is 44.7 Å².